The number of nitrogens with one attached hydrogen (secondary N) is 2. The van der Waals surface area contributed by atoms with E-state index < -0.39 is 5.97 Å². The number of hydrogen-bond acceptors (Lipinski definition) is 8. The molecule has 0 unspecified atom stereocenters. The van der Waals surface area contributed by atoms with Crippen molar-refractivity contribution in [3.05, 3.63) is 64.7 Å². The molecule has 2 aromatic carbocycles. The molecular weight excluding hydrogens is 460 g/mol. The highest BCUT2D eigenvalue weighted by Gasteiger charge is 2.15. The molecule has 0 radical (unpaired) electrons. The number of halogens is 1. The molecule has 3 aromatic rings. The summed E-state index contributed by atoms with van der Waals surface area (Å²) in [4.78, 5) is 36.5. The Balaban J connectivity index is 1.54. The minimum atomic E-state index is -0.503. The molecular formula is C20H17ClN4O4S2. The lowest BCUT2D eigenvalue weighted by Gasteiger charge is -2.09. The van der Waals surface area contributed by atoms with Crippen molar-refractivity contribution < 1.29 is 19.1 Å². The van der Waals surface area contributed by atoms with Crippen LogP contribution < -0.4 is 10.6 Å². The van der Waals surface area contributed by atoms with Gasteiger partial charge in [0.25, 0.3) is 5.91 Å². The normalized spacial score (nSPS) is 10.4. The molecule has 31 heavy (non-hydrogen) atoms. The van der Waals surface area contributed by atoms with Crippen LogP contribution >= 0.6 is 34.7 Å². The Hall–Kier alpha value is -2.95. The number of rotatable bonds is 8. The standard InChI is InChI=1S/C20H17ClN4O4S2/c1-2-29-18(28)14-5-3-4-6-15(14)22-16(26)11-30-20-25-24-19(31-20)23-17(27)12-7-9-13(21)10-8-12/h3-10H,2,11H2,1H3,(H,22,26)(H,23,24,27). The van der Waals surface area contributed by atoms with Gasteiger partial charge in [-0.3, -0.25) is 14.9 Å². The second-order valence-corrected chi connectivity index (χ2v) is 8.57. The number of ether oxygens (including phenoxy) is 1. The molecule has 0 atom stereocenters. The first-order chi connectivity index (χ1) is 15.0. The van der Waals surface area contributed by atoms with Gasteiger partial charge in [-0.15, -0.1) is 10.2 Å². The van der Waals surface area contributed by atoms with Crippen molar-refractivity contribution in [1.82, 2.24) is 10.2 Å². The fraction of sp³-hybridized carbons (Fsp3) is 0.150. The minimum absolute atomic E-state index is 0.0525. The van der Waals surface area contributed by atoms with Crippen molar-refractivity contribution in [2.24, 2.45) is 0 Å². The lowest BCUT2D eigenvalue weighted by atomic mass is 10.2. The van der Waals surface area contributed by atoms with Crippen LogP contribution in [0.1, 0.15) is 27.6 Å². The second kappa shape index (κ2) is 10.9. The van der Waals surface area contributed by atoms with E-state index in [9.17, 15) is 14.4 Å². The number of carbonyl (C=O) groups is 3. The third kappa shape index (κ3) is 6.51. The first-order valence-electron chi connectivity index (χ1n) is 9.05. The first kappa shape index (κ1) is 22.7. The van der Waals surface area contributed by atoms with Gasteiger partial charge in [-0.25, -0.2) is 4.79 Å². The second-order valence-electron chi connectivity index (χ2n) is 5.94. The number of nitrogens with zero attached hydrogens (tertiary/aromatic N) is 2. The van der Waals surface area contributed by atoms with Gasteiger partial charge >= 0.3 is 5.97 Å². The molecule has 0 saturated carbocycles. The molecule has 0 fully saturated rings. The van der Waals surface area contributed by atoms with Gasteiger partial charge in [0.15, 0.2) is 4.34 Å². The van der Waals surface area contributed by atoms with Gasteiger partial charge in [0, 0.05) is 10.6 Å². The predicted octanol–water partition coefficient (Wildman–Crippen LogP) is 4.35. The molecule has 0 saturated heterocycles. The largest absolute Gasteiger partial charge is 0.462 e. The highest BCUT2D eigenvalue weighted by atomic mass is 35.5. The lowest BCUT2D eigenvalue weighted by molar-refractivity contribution is -0.113. The zero-order valence-corrected chi connectivity index (χ0v) is 18.6. The first-order valence-corrected chi connectivity index (χ1v) is 11.2. The van der Waals surface area contributed by atoms with Gasteiger partial charge in [-0.05, 0) is 43.3 Å². The number of para-hydroxylation sites is 1. The fourth-order valence-corrected chi connectivity index (χ4v) is 4.05. The smallest absolute Gasteiger partial charge is 0.340 e. The van der Waals surface area contributed by atoms with Gasteiger partial charge in [0.2, 0.25) is 11.0 Å². The summed E-state index contributed by atoms with van der Waals surface area (Å²) >= 11 is 8.14. The van der Waals surface area contributed by atoms with E-state index in [1.807, 2.05) is 0 Å². The third-order valence-corrected chi connectivity index (χ3v) is 5.98. The van der Waals surface area contributed by atoms with E-state index in [0.29, 0.717) is 25.7 Å². The van der Waals surface area contributed by atoms with Crippen molar-refractivity contribution in [2.45, 2.75) is 11.3 Å². The maximum Gasteiger partial charge on any atom is 0.340 e. The maximum atomic E-state index is 12.3. The van der Waals surface area contributed by atoms with Crippen LogP contribution in [-0.4, -0.2) is 40.3 Å². The van der Waals surface area contributed by atoms with Gasteiger partial charge in [0.1, 0.15) is 0 Å². The molecule has 2 amide bonds. The summed E-state index contributed by atoms with van der Waals surface area (Å²) in [6.45, 7) is 1.95. The van der Waals surface area contributed by atoms with Crippen LogP contribution in [0.25, 0.3) is 0 Å². The molecule has 1 heterocycles. The topological polar surface area (TPSA) is 110 Å². The molecule has 3 rings (SSSR count). The molecule has 1 aromatic heterocycles. The van der Waals surface area contributed by atoms with Crippen LogP contribution in [-0.2, 0) is 9.53 Å². The summed E-state index contributed by atoms with van der Waals surface area (Å²) < 4.78 is 5.51. The average Bonchev–Trinajstić information content (AvgIpc) is 3.20. The van der Waals surface area contributed by atoms with E-state index in [-0.39, 0.29) is 29.7 Å². The number of anilines is 2. The number of thioether (sulfide) groups is 1. The van der Waals surface area contributed by atoms with Crippen LogP contribution in [0.3, 0.4) is 0 Å². The fourth-order valence-electron chi connectivity index (χ4n) is 2.38. The Morgan fingerprint density at radius 3 is 2.55 bits per heavy atom. The Morgan fingerprint density at radius 2 is 1.81 bits per heavy atom. The van der Waals surface area contributed by atoms with Crippen LogP contribution in [0.15, 0.2) is 52.9 Å². The minimum Gasteiger partial charge on any atom is -0.462 e. The van der Waals surface area contributed by atoms with E-state index >= 15 is 0 Å². The van der Waals surface area contributed by atoms with E-state index in [0.717, 1.165) is 11.3 Å². The van der Waals surface area contributed by atoms with E-state index in [2.05, 4.69) is 20.8 Å². The molecule has 160 valence electrons. The summed E-state index contributed by atoms with van der Waals surface area (Å²) in [7, 11) is 0. The van der Waals surface area contributed by atoms with Crippen LogP contribution in [0.2, 0.25) is 5.02 Å². The number of amides is 2. The molecule has 8 nitrogen and oxygen atoms in total. The summed E-state index contributed by atoms with van der Waals surface area (Å²) in [5.41, 5.74) is 1.10. The third-order valence-electron chi connectivity index (χ3n) is 3.76. The van der Waals surface area contributed by atoms with Gasteiger partial charge in [-0.2, -0.15) is 0 Å². The SMILES string of the molecule is CCOC(=O)c1ccccc1NC(=O)CSc1nnc(NC(=O)c2ccc(Cl)cc2)s1. The molecule has 0 aliphatic heterocycles. The van der Waals surface area contributed by atoms with Crippen molar-refractivity contribution in [3.8, 4) is 0 Å². The van der Waals surface area contributed by atoms with Crippen LogP contribution in [0.4, 0.5) is 10.8 Å². The zero-order chi connectivity index (χ0) is 22.2. The predicted molar refractivity (Wildman–Crippen MR) is 121 cm³/mol. The van der Waals surface area contributed by atoms with Gasteiger partial charge < -0.3 is 10.1 Å². The van der Waals surface area contributed by atoms with E-state index in [4.69, 9.17) is 16.3 Å². The van der Waals surface area contributed by atoms with Crippen LogP contribution in [0.5, 0.6) is 0 Å². The van der Waals surface area contributed by atoms with Gasteiger partial charge in [-0.1, -0.05) is 46.8 Å². The Bertz CT molecular complexity index is 1090. The quantitative estimate of drug-likeness (QED) is 0.282. The van der Waals surface area contributed by atoms with E-state index in [1.54, 1.807) is 55.5 Å². The monoisotopic (exact) mass is 476 g/mol. The molecule has 11 heteroatoms. The number of esters is 1. The highest BCUT2D eigenvalue weighted by Crippen LogP contribution is 2.26. The molecule has 0 aliphatic rings. The Morgan fingerprint density at radius 1 is 1.06 bits per heavy atom. The Kier molecular flexibility index (Phi) is 7.99. The number of benzene rings is 2. The number of hydrogen-bond donors (Lipinski definition) is 2. The van der Waals surface area contributed by atoms with Crippen LogP contribution in [0, 0.1) is 0 Å². The molecule has 0 spiro atoms. The van der Waals surface area contributed by atoms with Crippen molar-refractivity contribution in [2.75, 3.05) is 23.0 Å². The summed E-state index contributed by atoms with van der Waals surface area (Å²) in [5.74, 6) is -1.10. The zero-order valence-electron chi connectivity index (χ0n) is 16.3. The van der Waals surface area contributed by atoms with Crippen molar-refractivity contribution >= 4 is 63.3 Å². The number of aromatic nitrogens is 2. The van der Waals surface area contributed by atoms with Crippen molar-refractivity contribution in [1.29, 1.82) is 0 Å². The summed E-state index contributed by atoms with van der Waals surface area (Å²) in [5, 5.41) is 14.1. The van der Waals surface area contributed by atoms with Crippen molar-refractivity contribution in [3.63, 3.8) is 0 Å². The average molecular weight is 477 g/mol. The molecule has 0 bridgehead atoms. The summed E-state index contributed by atoms with van der Waals surface area (Å²) in [6, 6.07) is 13.1. The molecule has 0 aliphatic carbocycles. The highest BCUT2D eigenvalue weighted by molar-refractivity contribution is 8.01. The Labute approximate surface area is 191 Å². The van der Waals surface area contributed by atoms with E-state index in [1.165, 1.54) is 11.8 Å². The number of carbonyl (C=O) groups excluding carboxylic acids is 3. The summed E-state index contributed by atoms with van der Waals surface area (Å²) in [6.07, 6.45) is 0. The lowest BCUT2D eigenvalue weighted by Crippen LogP contribution is -2.17. The maximum absolute atomic E-state index is 12.3. The van der Waals surface area contributed by atoms with Gasteiger partial charge in [0.05, 0.1) is 23.6 Å². The molecule has 2 N–H and O–H groups in total.